The normalized spacial score (nSPS) is 12.2. The Hall–Kier alpha value is -0.830. The predicted octanol–water partition coefficient (Wildman–Crippen LogP) is 3.51. The maximum atomic E-state index is 11.2. The molecule has 0 bridgehead atoms. The summed E-state index contributed by atoms with van der Waals surface area (Å²) in [5, 5.41) is 0. The Morgan fingerprint density at radius 3 is 2.47 bits per heavy atom. The van der Waals surface area contributed by atoms with Crippen molar-refractivity contribution in [3.63, 3.8) is 0 Å². The van der Waals surface area contributed by atoms with Gasteiger partial charge in [-0.2, -0.15) is 0 Å². The van der Waals surface area contributed by atoms with E-state index in [0.29, 0.717) is 6.42 Å². The van der Waals surface area contributed by atoms with E-state index in [4.69, 9.17) is 0 Å². The van der Waals surface area contributed by atoms with Crippen molar-refractivity contribution in [2.75, 3.05) is 7.11 Å². The molecule has 0 fully saturated rings. The summed E-state index contributed by atoms with van der Waals surface area (Å²) < 4.78 is 5.73. The van der Waals surface area contributed by atoms with Gasteiger partial charge in [-0.25, -0.2) is 0 Å². The van der Waals surface area contributed by atoms with Crippen molar-refractivity contribution in [1.29, 1.82) is 0 Å². The highest BCUT2D eigenvalue weighted by molar-refractivity contribution is 9.10. The van der Waals surface area contributed by atoms with Gasteiger partial charge in [0.05, 0.1) is 13.5 Å². The number of hydrogen-bond donors (Lipinski definition) is 0. The predicted molar refractivity (Wildman–Crippen MR) is 63.8 cm³/mol. The minimum atomic E-state index is -0.148. The van der Waals surface area contributed by atoms with E-state index < -0.39 is 0 Å². The second-order valence-corrected chi connectivity index (χ2v) is 4.35. The van der Waals surface area contributed by atoms with Gasteiger partial charge in [0.15, 0.2) is 0 Å². The lowest BCUT2D eigenvalue weighted by molar-refractivity contribution is -0.141. The number of methoxy groups -OCH3 is 1. The minimum Gasteiger partial charge on any atom is -0.469 e. The first-order valence-corrected chi connectivity index (χ1v) is 5.79. The van der Waals surface area contributed by atoms with E-state index in [9.17, 15) is 4.79 Å². The van der Waals surface area contributed by atoms with E-state index in [1.165, 1.54) is 12.7 Å². The Balaban J connectivity index is 2.74. The van der Waals surface area contributed by atoms with Crippen molar-refractivity contribution in [2.24, 2.45) is 0 Å². The van der Waals surface area contributed by atoms with Gasteiger partial charge in [0.25, 0.3) is 0 Å². The van der Waals surface area contributed by atoms with E-state index in [1.807, 2.05) is 24.3 Å². The molecule has 0 saturated heterocycles. The summed E-state index contributed by atoms with van der Waals surface area (Å²) in [4.78, 5) is 11.2. The fourth-order valence-corrected chi connectivity index (χ4v) is 1.78. The van der Waals surface area contributed by atoms with E-state index >= 15 is 0 Å². The number of ether oxygens (including phenoxy) is 1. The molecule has 1 rings (SSSR count). The molecule has 1 aromatic rings. The van der Waals surface area contributed by atoms with Crippen LogP contribution in [0.1, 0.15) is 31.2 Å². The first-order chi connectivity index (χ1) is 7.17. The molecule has 15 heavy (non-hydrogen) atoms. The molecule has 0 aliphatic rings. The van der Waals surface area contributed by atoms with Gasteiger partial charge in [-0.05, 0) is 30.0 Å². The average molecular weight is 271 g/mol. The molecule has 0 amide bonds. The van der Waals surface area contributed by atoms with Gasteiger partial charge in [0, 0.05) is 4.47 Å². The van der Waals surface area contributed by atoms with Crippen molar-refractivity contribution in [1.82, 2.24) is 0 Å². The third-order valence-electron chi connectivity index (χ3n) is 2.47. The smallest absolute Gasteiger partial charge is 0.306 e. The Morgan fingerprint density at radius 1 is 1.40 bits per heavy atom. The van der Waals surface area contributed by atoms with Crippen molar-refractivity contribution in [2.45, 2.75) is 25.7 Å². The average Bonchev–Trinajstić information content (AvgIpc) is 2.27. The molecule has 0 aliphatic heterocycles. The van der Waals surface area contributed by atoms with Gasteiger partial charge >= 0.3 is 5.97 Å². The molecule has 0 radical (unpaired) electrons. The van der Waals surface area contributed by atoms with E-state index in [2.05, 4.69) is 27.6 Å². The highest BCUT2D eigenvalue weighted by Gasteiger charge is 2.14. The van der Waals surface area contributed by atoms with Crippen molar-refractivity contribution >= 4 is 21.9 Å². The molecule has 3 heteroatoms. The van der Waals surface area contributed by atoms with Crippen LogP contribution in [0.3, 0.4) is 0 Å². The molecular weight excluding hydrogens is 256 g/mol. The number of benzene rings is 1. The summed E-state index contributed by atoms with van der Waals surface area (Å²) in [6.07, 6.45) is 1.39. The molecule has 0 aliphatic carbocycles. The molecule has 0 aromatic heterocycles. The highest BCUT2D eigenvalue weighted by Crippen LogP contribution is 2.24. The summed E-state index contributed by atoms with van der Waals surface area (Å²) in [7, 11) is 1.43. The van der Waals surface area contributed by atoms with Gasteiger partial charge in [-0.15, -0.1) is 0 Å². The lowest BCUT2D eigenvalue weighted by Crippen LogP contribution is -2.07. The second kappa shape index (κ2) is 5.91. The van der Waals surface area contributed by atoms with Crippen LogP contribution in [0.15, 0.2) is 28.7 Å². The molecule has 2 nitrogen and oxygen atoms in total. The number of carbonyl (C=O) groups excluding carboxylic acids is 1. The van der Waals surface area contributed by atoms with E-state index in [1.54, 1.807) is 0 Å². The van der Waals surface area contributed by atoms with E-state index in [0.717, 1.165) is 10.9 Å². The number of esters is 1. The molecule has 0 unspecified atom stereocenters. The molecule has 0 spiro atoms. The lowest BCUT2D eigenvalue weighted by atomic mass is 9.93. The van der Waals surface area contributed by atoms with Gasteiger partial charge in [-0.3, -0.25) is 4.79 Å². The lowest BCUT2D eigenvalue weighted by Gasteiger charge is -2.13. The van der Waals surface area contributed by atoms with E-state index in [-0.39, 0.29) is 11.9 Å². The maximum absolute atomic E-state index is 11.2. The zero-order valence-corrected chi connectivity index (χ0v) is 10.6. The quantitative estimate of drug-likeness (QED) is 0.783. The summed E-state index contributed by atoms with van der Waals surface area (Å²) in [5.41, 5.74) is 1.19. The molecule has 82 valence electrons. The third kappa shape index (κ3) is 3.67. The Kier molecular flexibility index (Phi) is 4.82. The Morgan fingerprint density at radius 2 is 2.00 bits per heavy atom. The van der Waals surface area contributed by atoms with Crippen LogP contribution in [0.2, 0.25) is 0 Å². The van der Waals surface area contributed by atoms with Gasteiger partial charge in [0.1, 0.15) is 0 Å². The van der Waals surface area contributed by atoms with Crippen LogP contribution in [0, 0.1) is 0 Å². The van der Waals surface area contributed by atoms with Gasteiger partial charge in [0.2, 0.25) is 0 Å². The molecule has 0 saturated carbocycles. The molecule has 1 atom stereocenters. The van der Waals surface area contributed by atoms with Crippen LogP contribution in [0.5, 0.6) is 0 Å². The summed E-state index contributed by atoms with van der Waals surface area (Å²) in [6, 6.07) is 8.08. The van der Waals surface area contributed by atoms with Crippen molar-refractivity contribution < 1.29 is 9.53 Å². The zero-order chi connectivity index (χ0) is 11.3. The summed E-state index contributed by atoms with van der Waals surface area (Å²) >= 11 is 3.39. The van der Waals surface area contributed by atoms with Crippen LogP contribution in [0.4, 0.5) is 0 Å². The fraction of sp³-hybridized carbons (Fsp3) is 0.417. The molecule has 1 aromatic carbocycles. The largest absolute Gasteiger partial charge is 0.469 e. The standard InChI is InChI=1S/C12H15BrO2/c1-3-9(8-12(14)15-2)10-4-6-11(13)7-5-10/h4-7,9H,3,8H2,1-2H3/t9-/m1/s1. The fourth-order valence-electron chi connectivity index (χ4n) is 1.52. The monoisotopic (exact) mass is 270 g/mol. The second-order valence-electron chi connectivity index (χ2n) is 3.44. The number of carbonyl (C=O) groups is 1. The zero-order valence-electron chi connectivity index (χ0n) is 9.00. The third-order valence-corrected chi connectivity index (χ3v) is 3.00. The highest BCUT2D eigenvalue weighted by atomic mass is 79.9. The first kappa shape index (κ1) is 12.2. The van der Waals surface area contributed by atoms with Crippen LogP contribution in [-0.4, -0.2) is 13.1 Å². The molecule has 0 N–H and O–H groups in total. The van der Waals surface area contributed by atoms with Gasteiger partial charge in [-0.1, -0.05) is 35.0 Å². The van der Waals surface area contributed by atoms with Crippen LogP contribution < -0.4 is 0 Å². The number of hydrogen-bond acceptors (Lipinski definition) is 2. The summed E-state index contributed by atoms with van der Waals surface area (Å²) in [6.45, 7) is 2.08. The summed E-state index contributed by atoms with van der Waals surface area (Å²) in [5.74, 6) is 0.107. The molecular formula is C12H15BrO2. The first-order valence-electron chi connectivity index (χ1n) is 4.99. The maximum Gasteiger partial charge on any atom is 0.306 e. The number of halogens is 1. The van der Waals surface area contributed by atoms with Crippen molar-refractivity contribution in [3.8, 4) is 0 Å². The van der Waals surface area contributed by atoms with Crippen LogP contribution in [-0.2, 0) is 9.53 Å². The minimum absolute atomic E-state index is 0.148. The SMILES string of the molecule is CC[C@H](CC(=O)OC)c1ccc(Br)cc1. The van der Waals surface area contributed by atoms with Crippen LogP contribution in [0.25, 0.3) is 0 Å². The Bertz CT molecular complexity index is 319. The molecule has 0 heterocycles. The van der Waals surface area contributed by atoms with Gasteiger partial charge < -0.3 is 4.74 Å². The van der Waals surface area contributed by atoms with Crippen LogP contribution >= 0.6 is 15.9 Å². The number of rotatable bonds is 4. The topological polar surface area (TPSA) is 26.3 Å². The Labute approximate surface area is 98.8 Å². The van der Waals surface area contributed by atoms with Crippen molar-refractivity contribution in [3.05, 3.63) is 34.3 Å².